The number of carbonyl (C=O) groups excluding carboxylic acids is 4. The second kappa shape index (κ2) is 42.4. The largest absolute Gasteiger partial charge is 0.481 e. The van der Waals surface area contributed by atoms with Crippen LogP contribution in [-0.4, -0.2) is 141 Å². The van der Waals surface area contributed by atoms with Gasteiger partial charge in [0.2, 0.25) is 23.6 Å². The molecule has 0 bridgehead atoms. The average molecular weight is 890 g/mol. The Kier molecular flexibility index (Phi) is 39.7. The molecule has 0 aromatic rings. The Morgan fingerprint density at radius 1 is 0.403 bits per heavy atom. The Bertz CT molecular complexity index is 1210. The predicted octanol–water partition coefficient (Wildman–Crippen LogP) is 3.44. The summed E-state index contributed by atoms with van der Waals surface area (Å²) in [6, 6.07) is -2.02. The van der Waals surface area contributed by atoms with Crippen molar-refractivity contribution in [1.29, 1.82) is 0 Å². The predicted molar refractivity (Wildman–Crippen MR) is 231 cm³/mol. The van der Waals surface area contributed by atoms with Crippen LogP contribution in [-0.2, 0) is 52.5 Å². The van der Waals surface area contributed by atoms with E-state index in [9.17, 15) is 38.7 Å². The van der Waals surface area contributed by atoms with Gasteiger partial charge >= 0.3 is 17.9 Å². The summed E-state index contributed by atoms with van der Waals surface area (Å²) in [6.07, 6.45) is 18.3. The van der Waals surface area contributed by atoms with Crippen LogP contribution in [0, 0.1) is 0 Å². The van der Waals surface area contributed by atoms with Crippen LogP contribution in [0.1, 0.15) is 148 Å². The molecule has 0 saturated heterocycles. The highest BCUT2D eigenvalue weighted by molar-refractivity contribution is 5.84. The van der Waals surface area contributed by atoms with E-state index in [2.05, 4.69) is 21.3 Å². The van der Waals surface area contributed by atoms with E-state index < -0.39 is 30.0 Å². The summed E-state index contributed by atoms with van der Waals surface area (Å²) < 4.78 is 21.5. The minimum Gasteiger partial charge on any atom is -0.481 e. The molecule has 9 N–H and O–H groups in total. The standard InChI is InChI=1S/C43H79N5O14/c44-35(42(55)56)19-15-16-24-46-39(51)33-62-34-40(52)47-26-18-28-60-30-32-61-31-29-59-27-17-25-45-37(49)23-22-36(43(57)58)48-38(50)20-13-11-9-7-5-3-1-2-4-6-8-10-12-14-21-41(53)54/h35-36H,1-34,44H2,(H,45,49)(H,46,51)(H,47,52)(H,48,50)(H,53,54)(H,55,56)(H,57,58)/t35-,36-/m0/s1. The Hall–Kier alpha value is -3.91. The topological polar surface area (TPSA) is 291 Å². The number of unbranched alkanes of at least 4 members (excludes halogenated alkanes) is 14. The van der Waals surface area contributed by atoms with Gasteiger partial charge < -0.3 is 61.3 Å². The minimum absolute atomic E-state index is 0.00623. The molecule has 0 fully saturated rings. The minimum atomic E-state index is -1.16. The molecule has 0 saturated carbocycles. The van der Waals surface area contributed by atoms with Crippen molar-refractivity contribution >= 4 is 41.5 Å². The molecule has 0 heterocycles. The number of carboxylic acids is 3. The van der Waals surface area contributed by atoms with Crippen molar-refractivity contribution in [1.82, 2.24) is 21.3 Å². The fourth-order valence-corrected chi connectivity index (χ4v) is 6.10. The Balaban J connectivity index is 3.60. The first-order valence-electron chi connectivity index (χ1n) is 22.8. The van der Waals surface area contributed by atoms with E-state index >= 15 is 0 Å². The smallest absolute Gasteiger partial charge is 0.326 e. The van der Waals surface area contributed by atoms with Crippen molar-refractivity contribution in [2.24, 2.45) is 5.73 Å². The van der Waals surface area contributed by atoms with Crippen molar-refractivity contribution in [3.63, 3.8) is 0 Å². The zero-order valence-electron chi connectivity index (χ0n) is 37.1. The molecule has 0 aliphatic rings. The molecule has 0 spiro atoms. The van der Waals surface area contributed by atoms with Gasteiger partial charge in [-0.05, 0) is 51.4 Å². The lowest BCUT2D eigenvalue weighted by Crippen LogP contribution is -2.41. The van der Waals surface area contributed by atoms with Crippen molar-refractivity contribution < 1.29 is 67.8 Å². The number of carboxylic acid groups (broad SMARTS) is 3. The lowest BCUT2D eigenvalue weighted by Gasteiger charge is -2.14. The van der Waals surface area contributed by atoms with E-state index in [1.165, 1.54) is 44.9 Å². The molecule has 0 aromatic carbocycles. The molecule has 0 unspecified atom stereocenters. The van der Waals surface area contributed by atoms with Gasteiger partial charge in [0.05, 0.1) is 26.4 Å². The SMILES string of the molecule is N[C@@H](CCCCNC(=O)COCC(=O)NCCCOCCOCCOCCCNC(=O)CC[C@H](NC(=O)CCCCCCCCCCCCCCCCC(=O)O)C(=O)O)C(=O)O. The number of hydrogen-bond donors (Lipinski definition) is 8. The first-order chi connectivity index (χ1) is 29.9. The van der Waals surface area contributed by atoms with Crippen molar-refractivity contribution in [2.45, 2.75) is 160 Å². The maximum atomic E-state index is 12.3. The molecule has 4 amide bonds. The summed E-state index contributed by atoms with van der Waals surface area (Å²) in [5, 5.41) is 37.5. The van der Waals surface area contributed by atoms with E-state index in [1.54, 1.807) is 0 Å². The molecule has 0 rings (SSSR count). The molecule has 19 nitrogen and oxygen atoms in total. The van der Waals surface area contributed by atoms with Crippen LogP contribution in [0.4, 0.5) is 0 Å². The second-order valence-corrected chi connectivity index (χ2v) is 15.4. The molecule has 19 heteroatoms. The van der Waals surface area contributed by atoms with Crippen LogP contribution < -0.4 is 27.0 Å². The highest BCUT2D eigenvalue weighted by atomic mass is 16.5. The maximum Gasteiger partial charge on any atom is 0.326 e. The Morgan fingerprint density at radius 2 is 0.823 bits per heavy atom. The first-order valence-corrected chi connectivity index (χ1v) is 22.8. The summed E-state index contributed by atoms with van der Waals surface area (Å²) >= 11 is 0. The summed E-state index contributed by atoms with van der Waals surface area (Å²) in [6.45, 7) is 2.93. The van der Waals surface area contributed by atoms with Crippen LogP contribution in [0.3, 0.4) is 0 Å². The molecule has 62 heavy (non-hydrogen) atoms. The molecule has 0 aliphatic carbocycles. The van der Waals surface area contributed by atoms with Crippen LogP contribution in [0.15, 0.2) is 0 Å². The zero-order chi connectivity index (χ0) is 45.9. The molecule has 0 aliphatic heterocycles. The highest BCUT2D eigenvalue weighted by Crippen LogP contribution is 2.14. The van der Waals surface area contributed by atoms with Gasteiger partial charge in [0.25, 0.3) is 0 Å². The molecular weight excluding hydrogens is 810 g/mol. The molecule has 360 valence electrons. The molecular formula is C43H79N5O14. The van der Waals surface area contributed by atoms with Gasteiger partial charge in [-0.3, -0.25) is 28.8 Å². The molecule has 2 atom stereocenters. The van der Waals surface area contributed by atoms with Gasteiger partial charge in [-0.15, -0.1) is 0 Å². The molecule has 0 radical (unpaired) electrons. The third-order valence-electron chi connectivity index (χ3n) is 9.70. The van der Waals surface area contributed by atoms with Crippen molar-refractivity contribution in [3.8, 4) is 0 Å². The Labute approximate surface area is 368 Å². The lowest BCUT2D eigenvalue weighted by molar-refractivity contribution is -0.142. The summed E-state index contributed by atoms with van der Waals surface area (Å²) in [4.78, 5) is 80.9. The first kappa shape index (κ1) is 58.1. The summed E-state index contributed by atoms with van der Waals surface area (Å²) in [5.74, 6) is -4.25. The number of carbonyl (C=O) groups is 7. The number of nitrogens with one attached hydrogen (secondary N) is 4. The second-order valence-electron chi connectivity index (χ2n) is 15.4. The van der Waals surface area contributed by atoms with Crippen LogP contribution in [0.25, 0.3) is 0 Å². The van der Waals surface area contributed by atoms with Gasteiger partial charge in [-0.1, -0.05) is 77.0 Å². The fourth-order valence-electron chi connectivity index (χ4n) is 6.10. The van der Waals surface area contributed by atoms with Gasteiger partial charge in [0, 0.05) is 52.1 Å². The van der Waals surface area contributed by atoms with E-state index in [-0.39, 0.29) is 62.5 Å². The van der Waals surface area contributed by atoms with E-state index in [0.29, 0.717) is 97.8 Å². The summed E-state index contributed by atoms with van der Waals surface area (Å²) in [7, 11) is 0. The van der Waals surface area contributed by atoms with E-state index in [4.69, 9.17) is 34.9 Å². The van der Waals surface area contributed by atoms with Crippen LogP contribution in [0.5, 0.6) is 0 Å². The highest BCUT2D eigenvalue weighted by Gasteiger charge is 2.21. The van der Waals surface area contributed by atoms with Crippen LogP contribution in [0.2, 0.25) is 0 Å². The van der Waals surface area contributed by atoms with E-state index in [0.717, 1.165) is 38.5 Å². The quantitative estimate of drug-likeness (QED) is 0.0406. The number of rotatable bonds is 46. The zero-order valence-corrected chi connectivity index (χ0v) is 37.1. The summed E-state index contributed by atoms with van der Waals surface area (Å²) in [5.41, 5.74) is 5.42. The van der Waals surface area contributed by atoms with Gasteiger partial charge in [0.1, 0.15) is 25.3 Å². The normalized spacial score (nSPS) is 12.0. The van der Waals surface area contributed by atoms with Crippen molar-refractivity contribution in [3.05, 3.63) is 0 Å². The fraction of sp³-hybridized carbons (Fsp3) is 0.837. The number of ether oxygens (including phenoxy) is 4. The average Bonchev–Trinajstić information content (AvgIpc) is 3.22. The van der Waals surface area contributed by atoms with Crippen LogP contribution >= 0.6 is 0 Å². The number of amides is 4. The van der Waals surface area contributed by atoms with Gasteiger partial charge in [0.15, 0.2) is 0 Å². The van der Waals surface area contributed by atoms with Crippen molar-refractivity contribution in [2.75, 3.05) is 72.5 Å². The van der Waals surface area contributed by atoms with Gasteiger partial charge in [-0.2, -0.15) is 0 Å². The monoisotopic (exact) mass is 890 g/mol. The Morgan fingerprint density at radius 3 is 1.27 bits per heavy atom. The third kappa shape index (κ3) is 41.4. The maximum absolute atomic E-state index is 12.3. The lowest BCUT2D eigenvalue weighted by atomic mass is 10.0. The number of aliphatic carboxylic acids is 3. The van der Waals surface area contributed by atoms with Gasteiger partial charge in [-0.25, -0.2) is 4.79 Å². The van der Waals surface area contributed by atoms with E-state index in [1.807, 2.05) is 0 Å². The number of nitrogens with two attached hydrogens (primary N) is 1. The third-order valence-corrected chi connectivity index (χ3v) is 9.70. The number of hydrogen-bond acceptors (Lipinski definition) is 12. The molecule has 0 aromatic heterocycles.